The van der Waals surface area contributed by atoms with Gasteiger partial charge in [-0.25, -0.2) is 0 Å². The first-order valence-corrected chi connectivity index (χ1v) is 6.00. The first-order chi connectivity index (χ1) is 8.22. The molecule has 2 aromatic rings. The summed E-state index contributed by atoms with van der Waals surface area (Å²) in [5, 5.41) is 11.1. The van der Waals surface area contributed by atoms with Crippen molar-refractivity contribution in [1.29, 1.82) is 0 Å². The molecular weight excluding hydrogens is 309 g/mol. The molecule has 1 atom stereocenters. The van der Waals surface area contributed by atoms with Gasteiger partial charge in [0.25, 0.3) is 0 Å². The highest BCUT2D eigenvalue weighted by Gasteiger charge is 2.51. The average molecular weight is 319 g/mol. The molecule has 0 amide bonds. The van der Waals surface area contributed by atoms with Crippen LogP contribution in [0.25, 0.3) is 10.8 Å². The van der Waals surface area contributed by atoms with Crippen LogP contribution in [0.15, 0.2) is 40.9 Å². The molecule has 0 fully saturated rings. The van der Waals surface area contributed by atoms with E-state index in [0.29, 0.717) is 5.39 Å². The molecule has 2 rings (SSSR count). The van der Waals surface area contributed by atoms with E-state index in [0.717, 1.165) is 16.8 Å². The summed E-state index contributed by atoms with van der Waals surface area (Å²) in [6.07, 6.45) is -4.70. The molecule has 0 saturated heterocycles. The van der Waals surface area contributed by atoms with E-state index in [-0.39, 0.29) is 5.56 Å². The van der Waals surface area contributed by atoms with Crippen molar-refractivity contribution in [3.05, 3.63) is 46.4 Å². The standard InChI is InChI=1S/C13H10BrF3O/c1-12(18,13(15,16)17)10-4-2-9-7-11(14)5-3-8(9)6-10/h2-7,18H,1H3/t12-/m1/s1. The second-order valence-corrected chi connectivity index (χ2v) is 5.19. The van der Waals surface area contributed by atoms with E-state index in [1.165, 1.54) is 12.1 Å². The lowest BCUT2D eigenvalue weighted by molar-refractivity contribution is -0.258. The molecule has 18 heavy (non-hydrogen) atoms. The van der Waals surface area contributed by atoms with Crippen molar-refractivity contribution in [2.45, 2.75) is 18.7 Å². The van der Waals surface area contributed by atoms with E-state index in [4.69, 9.17) is 0 Å². The Kier molecular flexibility index (Phi) is 3.15. The third-order valence-corrected chi connectivity index (χ3v) is 3.41. The number of alkyl halides is 3. The zero-order chi connectivity index (χ0) is 13.6. The fourth-order valence-corrected chi connectivity index (χ4v) is 2.06. The van der Waals surface area contributed by atoms with Crippen molar-refractivity contribution in [1.82, 2.24) is 0 Å². The maximum atomic E-state index is 12.7. The van der Waals surface area contributed by atoms with Crippen LogP contribution in [0.5, 0.6) is 0 Å². The van der Waals surface area contributed by atoms with Gasteiger partial charge in [0.05, 0.1) is 0 Å². The smallest absolute Gasteiger partial charge is 0.376 e. The molecule has 1 nitrogen and oxygen atoms in total. The molecule has 0 saturated carbocycles. The van der Waals surface area contributed by atoms with Gasteiger partial charge in [-0.15, -0.1) is 0 Å². The molecule has 0 unspecified atom stereocenters. The minimum absolute atomic E-state index is 0.162. The second-order valence-electron chi connectivity index (χ2n) is 4.28. The van der Waals surface area contributed by atoms with E-state index in [1.54, 1.807) is 24.3 Å². The van der Waals surface area contributed by atoms with Crippen LogP contribution in [0.1, 0.15) is 12.5 Å². The fourth-order valence-electron chi connectivity index (χ4n) is 1.68. The van der Waals surface area contributed by atoms with E-state index >= 15 is 0 Å². The number of rotatable bonds is 1. The SMILES string of the molecule is C[C@@](O)(c1ccc2cc(Br)ccc2c1)C(F)(F)F. The monoisotopic (exact) mass is 318 g/mol. The highest BCUT2D eigenvalue weighted by Crippen LogP contribution is 2.39. The Morgan fingerprint density at radius 1 is 1.00 bits per heavy atom. The molecule has 0 bridgehead atoms. The number of hydrogen-bond acceptors (Lipinski definition) is 1. The van der Waals surface area contributed by atoms with Crippen molar-refractivity contribution < 1.29 is 18.3 Å². The largest absolute Gasteiger partial charge is 0.421 e. The lowest BCUT2D eigenvalue weighted by Crippen LogP contribution is -2.39. The molecule has 5 heteroatoms. The fraction of sp³-hybridized carbons (Fsp3) is 0.231. The highest BCUT2D eigenvalue weighted by atomic mass is 79.9. The highest BCUT2D eigenvalue weighted by molar-refractivity contribution is 9.10. The number of halogens is 4. The lowest BCUT2D eigenvalue weighted by Gasteiger charge is -2.26. The number of hydrogen-bond donors (Lipinski definition) is 1. The van der Waals surface area contributed by atoms with E-state index in [1.807, 2.05) is 0 Å². The molecule has 1 N–H and O–H groups in total. The van der Waals surface area contributed by atoms with Crippen LogP contribution in [0.4, 0.5) is 13.2 Å². The quantitative estimate of drug-likeness (QED) is 0.827. The predicted molar refractivity (Wildman–Crippen MR) is 67.3 cm³/mol. The molecule has 0 aromatic heterocycles. The van der Waals surface area contributed by atoms with Gasteiger partial charge < -0.3 is 5.11 Å². The normalized spacial score (nSPS) is 15.7. The molecule has 96 valence electrons. The third kappa shape index (κ3) is 2.24. The van der Waals surface area contributed by atoms with Crippen LogP contribution >= 0.6 is 15.9 Å². The topological polar surface area (TPSA) is 20.2 Å². The molecule has 0 aliphatic heterocycles. The van der Waals surface area contributed by atoms with Crippen LogP contribution in [-0.4, -0.2) is 11.3 Å². The predicted octanol–water partition coefficient (Wildman–Crippen LogP) is 4.37. The second kappa shape index (κ2) is 4.24. The third-order valence-electron chi connectivity index (χ3n) is 2.92. The van der Waals surface area contributed by atoms with Crippen LogP contribution in [0, 0.1) is 0 Å². The first-order valence-electron chi connectivity index (χ1n) is 5.21. The summed E-state index contributed by atoms with van der Waals surface area (Å²) in [7, 11) is 0. The maximum Gasteiger partial charge on any atom is 0.421 e. The van der Waals surface area contributed by atoms with Crippen molar-refractivity contribution >= 4 is 26.7 Å². The van der Waals surface area contributed by atoms with Gasteiger partial charge >= 0.3 is 6.18 Å². The van der Waals surface area contributed by atoms with E-state index in [9.17, 15) is 18.3 Å². The van der Waals surface area contributed by atoms with Gasteiger partial charge in [-0.2, -0.15) is 13.2 Å². The summed E-state index contributed by atoms with van der Waals surface area (Å²) in [5.41, 5.74) is -3.00. The Labute approximate surface area is 110 Å². The Hall–Kier alpha value is -1.07. The van der Waals surface area contributed by atoms with Gasteiger partial charge in [0, 0.05) is 4.47 Å². The summed E-state index contributed by atoms with van der Waals surface area (Å²) in [4.78, 5) is 0. The summed E-state index contributed by atoms with van der Waals surface area (Å²) in [6.45, 7) is 0.757. The summed E-state index contributed by atoms with van der Waals surface area (Å²) in [5.74, 6) is 0. The van der Waals surface area contributed by atoms with Gasteiger partial charge in [-0.1, -0.05) is 34.1 Å². The molecule has 0 heterocycles. The molecule has 0 spiro atoms. The summed E-state index contributed by atoms with van der Waals surface area (Å²) < 4.78 is 39.0. The molecule has 0 aliphatic rings. The number of benzene rings is 2. The maximum absolute atomic E-state index is 12.7. The zero-order valence-electron chi connectivity index (χ0n) is 9.42. The zero-order valence-corrected chi connectivity index (χ0v) is 11.0. The number of fused-ring (bicyclic) bond motifs is 1. The average Bonchev–Trinajstić information content (AvgIpc) is 2.26. The van der Waals surface area contributed by atoms with E-state index < -0.39 is 11.8 Å². The Bertz CT molecular complexity index is 590. The molecule has 0 radical (unpaired) electrons. The summed E-state index contributed by atoms with van der Waals surface area (Å²) >= 11 is 3.29. The van der Waals surface area contributed by atoms with Crippen molar-refractivity contribution in [3.63, 3.8) is 0 Å². The Balaban J connectivity index is 2.58. The van der Waals surface area contributed by atoms with Gasteiger partial charge in [0.1, 0.15) is 0 Å². The molecular formula is C13H10BrF3O. The minimum Gasteiger partial charge on any atom is -0.376 e. The van der Waals surface area contributed by atoms with Crippen LogP contribution in [-0.2, 0) is 5.60 Å². The summed E-state index contributed by atoms with van der Waals surface area (Å²) in [6, 6.07) is 9.47. The van der Waals surface area contributed by atoms with Gasteiger partial charge in [0.15, 0.2) is 5.60 Å². The van der Waals surface area contributed by atoms with Crippen molar-refractivity contribution in [2.75, 3.05) is 0 Å². The molecule has 2 aromatic carbocycles. The van der Waals surface area contributed by atoms with Gasteiger partial charge in [0.2, 0.25) is 0 Å². The Morgan fingerprint density at radius 3 is 2.17 bits per heavy atom. The van der Waals surface area contributed by atoms with Crippen LogP contribution < -0.4 is 0 Å². The minimum atomic E-state index is -4.70. The first kappa shape index (κ1) is 13.4. The molecule has 0 aliphatic carbocycles. The van der Waals surface area contributed by atoms with Gasteiger partial charge in [-0.3, -0.25) is 0 Å². The lowest BCUT2D eigenvalue weighted by atomic mass is 9.93. The van der Waals surface area contributed by atoms with Crippen LogP contribution in [0.2, 0.25) is 0 Å². The van der Waals surface area contributed by atoms with Crippen molar-refractivity contribution in [2.24, 2.45) is 0 Å². The van der Waals surface area contributed by atoms with Gasteiger partial charge in [-0.05, 0) is 41.5 Å². The van der Waals surface area contributed by atoms with E-state index in [2.05, 4.69) is 15.9 Å². The van der Waals surface area contributed by atoms with Crippen molar-refractivity contribution in [3.8, 4) is 0 Å². The number of aliphatic hydroxyl groups is 1. The Morgan fingerprint density at radius 2 is 1.56 bits per heavy atom. The van der Waals surface area contributed by atoms with Crippen LogP contribution in [0.3, 0.4) is 0 Å².